The number of carbonyl (C=O) groups excluding carboxylic acids is 1. The Labute approximate surface area is 247 Å². The summed E-state index contributed by atoms with van der Waals surface area (Å²) in [5.41, 5.74) is 0.481. The number of aryl methyl sites for hydroxylation is 1. The maximum Gasteiger partial charge on any atom is 0.351 e. The maximum atomic E-state index is 13.3. The number of ether oxygens (including phenoxy) is 3. The van der Waals surface area contributed by atoms with Crippen molar-refractivity contribution in [1.82, 2.24) is 14.2 Å². The fraction of sp³-hybridized carbons (Fsp3) is 0.621. The second kappa shape index (κ2) is 13.2. The molecule has 0 spiro atoms. The summed E-state index contributed by atoms with van der Waals surface area (Å²) in [5.74, 6) is -0.317. The molecule has 13 heteroatoms. The summed E-state index contributed by atoms with van der Waals surface area (Å²) >= 11 is 0. The van der Waals surface area contributed by atoms with Crippen LogP contribution in [0.1, 0.15) is 51.0 Å². The van der Waals surface area contributed by atoms with E-state index in [0.717, 1.165) is 24.9 Å². The number of aliphatic hydroxyl groups excluding tert-OH is 1. The quantitative estimate of drug-likeness (QED) is 0.291. The smallest absolute Gasteiger partial charge is 0.351 e. The molecular formula is C29H41N4O8P. The standard InChI is InChI=1S/C29H41N4O8P/c1-18(2)26(35)30-25-19(3)16-32(28(36)31-25)27-24(38-15-14-37-5)23(21(17-34)39-27)40-42-33-13-9-12-22(33)29(4,41-42)20-10-7-6-8-11-20/h6-8,10-11,16,18,21-24,27,34H,9,12-15,17H2,1-5H3,(H,30,31,35,36)/t21-,22+,23?,24+,27-,29-,42+/m1/s1. The summed E-state index contributed by atoms with van der Waals surface area (Å²) in [6, 6.07) is 10.3. The number of aliphatic hydroxyl groups is 1. The van der Waals surface area contributed by atoms with Crippen molar-refractivity contribution in [3.05, 3.63) is 58.1 Å². The van der Waals surface area contributed by atoms with Gasteiger partial charge in [-0.15, -0.1) is 0 Å². The average Bonchev–Trinajstić information content (AvgIpc) is 3.67. The summed E-state index contributed by atoms with van der Waals surface area (Å²) < 4.78 is 34.7. The fourth-order valence-corrected chi connectivity index (χ4v) is 7.92. The number of anilines is 1. The van der Waals surface area contributed by atoms with Gasteiger partial charge in [-0.3, -0.25) is 9.36 Å². The Kier molecular flexibility index (Phi) is 9.76. The van der Waals surface area contributed by atoms with Crippen LogP contribution in [0.2, 0.25) is 0 Å². The van der Waals surface area contributed by atoms with Gasteiger partial charge in [0.05, 0.1) is 25.9 Å². The average molecular weight is 605 g/mol. The number of fused-ring (bicyclic) bond motifs is 1. The highest BCUT2D eigenvalue weighted by Gasteiger charge is 2.58. The predicted molar refractivity (Wildman–Crippen MR) is 156 cm³/mol. The number of methoxy groups -OCH3 is 1. The Bertz CT molecular complexity index is 1300. The first kappa shape index (κ1) is 31.2. The van der Waals surface area contributed by atoms with Crippen LogP contribution in [0.15, 0.2) is 41.3 Å². The first-order valence-corrected chi connectivity index (χ1v) is 15.6. The monoisotopic (exact) mass is 604 g/mol. The van der Waals surface area contributed by atoms with Crippen LogP contribution in [-0.2, 0) is 33.7 Å². The Hall–Kier alpha value is -2.28. The Morgan fingerprint density at radius 1 is 1.26 bits per heavy atom. The van der Waals surface area contributed by atoms with E-state index in [0.29, 0.717) is 12.2 Å². The van der Waals surface area contributed by atoms with Gasteiger partial charge in [-0.2, -0.15) is 4.98 Å². The molecule has 5 rings (SSSR count). The Morgan fingerprint density at radius 3 is 2.71 bits per heavy atom. The van der Waals surface area contributed by atoms with E-state index < -0.39 is 44.4 Å². The summed E-state index contributed by atoms with van der Waals surface area (Å²) in [5, 5.41) is 13.1. The molecule has 1 amide bonds. The van der Waals surface area contributed by atoms with Gasteiger partial charge in [0.2, 0.25) is 5.91 Å². The number of amides is 1. The molecule has 2 N–H and O–H groups in total. The lowest BCUT2D eigenvalue weighted by atomic mass is 9.87. The van der Waals surface area contributed by atoms with Gasteiger partial charge in [-0.25, -0.2) is 9.46 Å². The van der Waals surface area contributed by atoms with Crippen LogP contribution in [0.3, 0.4) is 0 Å². The van der Waals surface area contributed by atoms with Crippen molar-refractivity contribution in [3.63, 3.8) is 0 Å². The van der Waals surface area contributed by atoms with Crippen LogP contribution in [-0.4, -0.2) is 83.1 Å². The molecule has 3 fully saturated rings. The van der Waals surface area contributed by atoms with Crippen LogP contribution in [0, 0.1) is 12.8 Å². The van der Waals surface area contributed by atoms with E-state index in [1.807, 2.05) is 18.2 Å². The van der Waals surface area contributed by atoms with Crippen LogP contribution >= 0.6 is 8.53 Å². The molecule has 3 aliphatic heterocycles. The molecule has 0 bridgehead atoms. The third kappa shape index (κ3) is 6.05. The lowest BCUT2D eigenvalue weighted by Gasteiger charge is -2.29. The number of hydrogen-bond acceptors (Lipinski definition) is 10. The Balaban J connectivity index is 1.43. The van der Waals surface area contributed by atoms with Gasteiger partial charge in [-0.05, 0) is 32.3 Å². The number of benzene rings is 1. The number of rotatable bonds is 11. The number of nitrogens with zero attached hydrogens (tertiary/aromatic N) is 3. The summed E-state index contributed by atoms with van der Waals surface area (Å²) in [4.78, 5) is 29.6. The second-order valence-corrected chi connectivity index (χ2v) is 12.8. The van der Waals surface area contributed by atoms with Crippen LogP contribution in [0.25, 0.3) is 0 Å². The van der Waals surface area contributed by atoms with E-state index in [-0.39, 0.29) is 36.9 Å². The lowest BCUT2D eigenvalue weighted by Crippen LogP contribution is -2.40. The zero-order chi connectivity index (χ0) is 30.0. The van der Waals surface area contributed by atoms with Crippen molar-refractivity contribution in [2.24, 2.45) is 5.92 Å². The highest BCUT2D eigenvalue weighted by molar-refractivity contribution is 7.45. The minimum Gasteiger partial charge on any atom is -0.394 e. The molecule has 3 aliphatic rings. The van der Waals surface area contributed by atoms with Crippen molar-refractivity contribution >= 4 is 20.3 Å². The van der Waals surface area contributed by atoms with Gasteiger partial charge in [-0.1, -0.05) is 44.2 Å². The molecule has 4 heterocycles. The van der Waals surface area contributed by atoms with Crippen molar-refractivity contribution in [3.8, 4) is 0 Å². The number of aromatic nitrogens is 2. The molecular weight excluding hydrogens is 563 g/mol. The normalized spacial score (nSPS) is 31.1. The molecule has 3 saturated heterocycles. The van der Waals surface area contributed by atoms with Gasteiger partial charge >= 0.3 is 5.69 Å². The predicted octanol–water partition coefficient (Wildman–Crippen LogP) is 3.09. The molecule has 1 aromatic carbocycles. The molecule has 0 radical (unpaired) electrons. The highest BCUT2D eigenvalue weighted by atomic mass is 31.2. The zero-order valence-corrected chi connectivity index (χ0v) is 25.7. The van der Waals surface area contributed by atoms with E-state index in [1.165, 1.54) is 4.57 Å². The molecule has 42 heavy (non-hydrogen) atoms. The second-order valence-electron chi connectivity index (χ2n) is 11.4. The van der Waals surface area contributed by atoms with Crippen molar-refractivity contribution < 1.29 is 33.2 Å². The van der Waals surface area contributed by atoms with E-state index in [2.05, 4.69) is 34.0 Å². The van der Waals surface area contributed by atoms with Crippen molar-refractivity contribution in [2.75, 3.05) is 38.8 Å². The molecule has 1 aromatic heterocycles. The van der Waals surface area contributed by atoms with Gasteiger partial charge < -0.3 is 33.7 Å². The minimum absolute atomic E-state index is 0.146. The van der Waals surface area contributed by atoms with Crippen LogP contribution in [0.4, 0.5) is 5.82 Å². The topological polar surface area (TPSA) is 134 Å². The van der Waals surface area contributed by atoms with Crippen LogP contribution in [0.5, 0.6) is 0 Å². The van der Waals surface area contributed by atoms with Crippen molar-refractivity contribution in [1.29, 1.82) is 0 Å². The van der Waals surface area contributed by atoms with Crippen LogP contribution < -0.4 is 11.0 Å². The SMILES string of the molecule is COCCO[C@H]1C(O[P@@]2O[C@](C)(c3ccccc3)[C@@H]3CCCN32)[C@@H](CO)O[C@H]1n1cc(C)c(NC(=O)C(C)C)nc1=O. The van der Waals surface area contributed by atoms with Gasteiger partial charge in [0.15, 0.2) is 6.23 Å². The highest BCUT2D eigenvalue weighted by Crippen LogP contribution is 2.64. The summed E-state index contributed by atoms with van der Waals surface area (Å²) in [6.45, 7) is 8.40. The van der Waals surface area contributed by atoms with Crippen molar-refractivity contribution in [2.45, 2.75) is 76.7 Å². The maximum absolute atomic E-state index is 13.3. The van der Waals surface area contributed by atoms with E-state index >= 15 is 0 Å². The molecule has 230 valence electrons. The first-order valence-electron chi connectivity index (χ1n) is 14.4. The molecule has 1 unspecified atom stereocenters. The largest absolute Gasteiger partial charge is 0.394 e. The summed E-state index contributed by atoms with van der Waals surface area (Å²) in [7, 11) is 0.0469. The first-order chi connectivity index (χ1) is 20.2. The Morgan fingerprint density at radius 2 is 2.02 bits per heavy atom. The molecule has 7 atom stereocenters. The van der Waals surface area contributed by atoms with E-state index in [4.69, 9.17) is 23.3 Å². The molecule has 12 nitrogen and oxygen atoms in total. The van der Waals surface area contributed by atoms with Gasteiger partial charge in [0.1, 0.15) is 29.7 Å². The molecule has 0 saturated carbocycles. The van der Waals surface area contributed by atoms with Gasteiger partial charge in [0.25, 0.3) is 8.53 Å². The number of hydrogen-bond donors (Lipinski definition) is 2. The van der Waals surface area contributed by atoms with Gasteiger partial charge in [0, 0.05) is 31.3 Å². The summed E-state index contributed by atoms with van der Waals surface area (Å²) in [6.07, 6.45) is 0.349. The lowest BCUT2D eigenvalue weighted by molar-refractivity contribution is -0.118. The third-order valence-electron chi connectivity index (χ3n) is 8.13. The van der Waals surface area contributed by atoms with E-state index in [9.17, 15) is 14.7 Å². The van der Waals surface area contributed by atoms with E-state index in [1.54, 1.807) is 34.1 Å². The molecule has 2 aromatic rings. The number of carbonyl (C=O) groups is 1. The fourth-order valence-electron chi connectivity index (χ4n) is 5.77. The zero-order valence-electron chi connectivity index (χ0n) is 24.8. The molecule has 0 aliphatic carbocycles. The minimum atomic E-state index is -1.53. The number of nitrogens with one attached hydrogen (secondary N) is 1. The third-order valence-corrected chi connectivity index (χ3v) is 9.99.